The number of benzene rings is 3. The zero-order valence-corrected chi connectivity index (χ0v) is 21.7. The summed E-state index contributed by atoms with van der Waals surface area (Å²) in [6.07, 6.45) is 0.930. The largest absolute Gasteiger partial charge is 0.491 e. The van der Waals surface area contributed by atoms with Gasteiger partial charge in [0.05, 0.1) is 11.5 Å². The summed E-state index contributed by atoms with van der Waals surface area (Å²) in [6, 6.07) is 19.0. The number of nitrogens with one attached hydrogen (secondary N) is 1. The number of ether oxygens (including phenoxy) is 2. The number of amides is 1. The molecule has 1 unspecified atom stereocenters. The number of hydrogen-bond donors (Lipinski definition) is 2. The summed E-state index contributed by atoms with van der Waals surface area (Å²) < 4.78 is 11.6. The van der Waals surface area contributed by atoms with Gasteiger partial charge in [0.15, 0.2) is 5.69 Å². The molecule has 2 N–H and O–H groups in total. The minimum atomic E-state index is -0.970. The van der Waals surface area contributed by atoms with Crippen LogP contribution < -0.4 is 14.8 Å². The van der Waals surface area contributed by atoms with E-state index in [0.717, 1.165) is 12.0 Å². The molecule has 0 radical (unpaired) electrons. The van der Waals surface area contributed by atoms with E-state index >= 15 is 0 Å². The second kappa shape index (κ2) is 13.2. The summed E-state index contributed by atoms with van der Waals surface area (Å²) in [6.45, 7) is 6.34. The Kier molecular flexibility index (Phi) is 9.81. The molecule has 9 nitrogen and oxygen atoms in total. The average Bonchev–Trinajstić information content (AvgIpc) is 2.87. The molecule has 38 heavy (non-hydrogen) atoms. The number of para-hydroxylation sites is 1. The SMILES string of the molecule is CC(C)Cc1ccc(C(C)Oc2ccc(C(=O)Nc3c(OCCCC(=O)O)cccc3[N+](=O)[O-])cc2)cc1. The van der Waals surface area contributed by atoms with E-state index < -0.39 is 16.8 Å². The van der Waals surface area contributed by atoms with Crippen LogP contribution in [0.2, 0.25) is 0 Å². The molecule has 3 rings (SSSR count). The van der Waals surface area contributed by atoms with Crippen LogP contribution in [0.5, 0.6) is 11.5 Å². The van der Waals surface area contributed by atoms with Crippen molar-refractivity contribution in [3.8, 4) is 11.5 Å². The highest BCUT2D eigenvalue weighted by molar-refractivity contribution is 6.06. The number of nitro benzene ring substituents is 1. The lowest BCUT2D eigenvalue weighted by Gasteiger charge is -2.16. The van der Waals surface area contributed by atoms with Crippen molar-refractivity contribution in [3.05, 3.63) is 93.5 Å². The van der Waals surface area contributed by atoms with Crippen molar-refractivity contribution < 1.29 is 29.1 Å². The monoisotopic (exact) mass is 520 g/mol. The van der Waals surface area contributed by atoms with E-state index in [0.29, 0.717) is 11.7 Å². The summed E-state index contributed by atoms with van der Waals surface area (Å²) in [4.78, 5) is 34.6. The van der Waals surface area contributed by atoms with Gasteiger partial charge in [-0.15, -0.1) is 0 Å². The van der Waals surface area contributed by atoms with Gasteiger partial charge in [-0.05, 0) is 67.1 Å². The summed E-state index contributed by atoms with van der Waals surface area (Å²) in [5, 5.41) is 22.9. The molecule has 0 spiro atoms. The van der Waals surface area contributed by atoms with Crippen LogP contribution in [0, 0.1) is 16.0 Å². The predicted molar refractivity (Wildman–Crippen MR) is 144 cm³/mol. The van der Waals surface area contributed by atoms with Crippen molar-refractivity contribution in [2.24, 2.45) is 5.92 Å². The van der Waals surface area contributed by atoms with Gasteiger partial charge in [-0.25, -0.2) is 0 Å². The standard InChI is InChI=1S/C29H32N2O7/c1-19(2)18-21-9-11-22(12-10-21)20(3)38-24-15-13-23(14-16-24)29(34)30-28-25(31(35)36)6-4-7-26(28)37-17-5-8-27(32)33/h4,6-7,9-16,19-20H,5,8,17-18H2,1-3H3,(H,30,34)(H,32,33). The van der Waals surface area contributed by atoms with Gasteiger partial charge >= 0.3 is 5.97 Å². The molecule has 0 aliphatic carbocycles. The predicted octanol–water partition coefficient (Wildman–Crippen LogP) is 6.43. The molecule has 0 saturated carbocycles. The van der Waals surface area contributed by atoms with Gasteiger partial charge in [-0.3, -0.25) is 19.7 Å². The molecule has 0 aromatic heterocycles. The first-order valence-electron chi connectivity index (χ1n) is 12.4. The zero-order chi connectivity index (χ0) is 27.7. The third-order valence-electron chi connectivity index (χ3n) is 5.75. The van der Waals surface area contributed by atoms with E-state index in [1.807, 2.05) is 6.92 Å². The van der Waals surface area contributed by atoms with Gasteiger partial charge in [-0.2, -0.15) is 0 Å². The van der Waals surface area contributed by atoms with Gasteiger partial charge in [-0.1, -0.05) is 44.2 Å². The number of aliphatic carboxylic acids is 1. The Balaban J connectivity index is 1.67. The first-order valence-corrected chi connectivity index (χ1v) is 12.4. The smallest absolute Gasteiger partial charge is 0.303 e. The fraction of sp³-hybridized carbons (Fsp3) is 0.310. The first-order chi connectivity index (χ1) is 18.1. The van der Waals surface area contributed by atoms with Crippen molar-refractivity contribution in [2.75, 3.05) is 11.9 Å². The third kappa shape index (κ3) is 8.06. The molecule has 3 aromatic carbocycles. The van der Waals surface area contributed by atoms with Gasteiger partial charge in [0, 0.05) is 18.1 Å². The Morgan fingerprint density at radius 3 is 2.29 bits per heavy atom. The minimum absolute atomic E-state index is 0.0288. The molecule has 3 aromatic rings. The molecular formula is C29H32N2O7. The van der Waals surface area contributed by atoms with Crippen molar-refractivity contribution in [2.45, 2.75) is 46.1 Å². The van der Waals surface area contributed by atoms with Crippen LogP contribution in [0.3, 0.4) is 0 Å². The van der Waals surface area contributed by atoms with Crippen molar-refractivity contribution in [1.29, 1.82) is 0 Å². The fourth-order valence-electron chi connectivity index (χ4n) is 3.86. The quantitative estimate of drug-likeness (QED) is 0.151. The maximum absolute atomic E-state index is 12.9. The lowest BCUT2D eigenvalue weighted by molar-refractivity contribution is -0.384. The molecule has 1 amide bonds. The fourth-order valence-corrected chi connectivity index (χ4v) is 3.86. The molecule has 1 atom stereocenters. The van der Waals surface area contributed by atoms with Crippen LogP contribution >= 0.6 is 0 Å². The number of carbonyl (C=O) groups is 2. The lowest BCUT2D eigenvalue weighted by atomic mass is 10.0. The molecule has 0 bridgehead atoms. The van der Waals surface area contributed by atoms with Gasteiger partial charge < -0.3 is 19.9 Å². The van der Waals surface area contributed by atoms with E-state index in [9.17, 15) is 19.7 Å². The van der Waals surface area contributed by atoms with Crippen molar-refractivity contribution >= 4 is 23.3 Å². The normalized spacial score (nSPS) is 11.6. The van der Waals surface area contributed by atoms with E-state index in [4.69, 9.17) is 14.6 Å². The van der Waals surface area contributed by atoms with E-state index in [1.165, 1.54) is 23.8 Å². The number of carbonyl (C=O) groups excluding carboxylic acids is 1. The van der Waals surface area contributed by atoms with E-state index in [1.54, 1.807) is 24.3 Å². The maximum Gasteiger partial charge on any atom is 0.303 e. The second-order valence-electron chi connectivity index (χ2n) is 9.33. The number of hydrogen-bond acceptors (Lipinski definition) is 6. The molecule has 0 heterocycles. The van der Waals surface area contributed by atoms with Crippen LogP contribution in [-0.4, -0.2) is 28.5 Å². The summed E-state index contributed by atoms with van der Waals surface area (Å²) >= 11 is 0. The van der Waals surface area contributed by atoms with Crippen LogP contribution in [0.15, 0.2) is 66.7 Å². The first kappa shape index (κ1) is 28.2. The number of anilines is 1. The van der Waals surface area contributed by atoms with Crippen LogP contribution in [0.4, 0.5) is 11.4 Å². The van der Waals surface area contributed by atoms with Gasteiger partial charge in [0.2, 0.25) is 0 Å². The van der Waals surface area contributed by atoms with Crippen molar-refractivity contribution in [1.82, 2.24) is 0 Å². The molecule has 0 fully saturated rings. The Morgan fingerprint density at radius 1 is 1.00 bits per heavy atom. The number of nitro groups is 1. The van der Waals surface area contributed by atoms with Gasteiger partial charge in [0.1, 0.15) is 17.6 Å². The Hall–Kier alpha value is -4.40. The average molecular weight is 521 g/mol. The minimum Gasteiger partial charge on any atom is -0.491 e. The maximum atomic E-state index is 12.9. The Bertz CT molecular complexity index is 1250. The highest BCUT2D eigenvalue weighted by Gasteiger charge is 2.22. The second-order valence-corrected chi connectivity index (χ2v) is 9.33. The Morgan fingerprint density at radius 2 is 1.68 bits per heavy atom. The van der Waals surface area contributed by atoms with Crippen LogP contribution in [0.1, 0.15) is 61.2 Å². The number of nitrogens with zero attached hydrogens (tertiary/aromatic N) is 1. The number of rotatable bonds is 13. The van der Waals surface area contributed by atoms with E-state index in [2.05, 4.69) is 43.4 Å². The molecule has 200 valence electrons. The third-order valence-corrected chi connectivity index (χ3v) is 5.75. The summed E-state index contributed by atoms with van der Waals surface area (Å²) in [7, 11) is 0. The lowest BCUT2D eigenvalue weighted by Crippen LogP contribution is -2.15. The molecule has 0 saturated heterocycles. The number of carboxylic acids is 1. The van der Waals surface area contributed by atoms with Crippen LogP contribution in [0.25, 0.3) is 0 Å². The molecule has 0 aliphatic heterocycles. The highest BCUT2D eigenvalue weighted by Crippen LogP contribution is 2.35. The molecule has 9 heteroatoms. The van der Waals surface area contributed by atoms with Crippen molar-refractivity contribution in [3.63, 3.8) is 0 Å². The molecular weight excluding hydrogens is 488 g/mol. The summed E-state index contributed by atoms with van der Waals surface area (Å²) in [5.41, 5.74) is 2.17. The van der Waals surface area contributed by atoms with Gasteiger partial charge in [0.25, 0.3) is 11.6 Å². The Labute approximate surface area is 221 Å². The van der Waals surface area contributed by atoms with E-state index in [-0.39, 0.29) is 48.2 Å². The topological polar surface area (TPSA) is 128 Å². The molecule has 0 aliphatic rings. The number of carboxylic acid groups (broad SMARTS) is 1. The summed E-state index contributed by atoms with van der Waals surface area (Å²) in [5.74, 6) is -0.279. The highest BCUT2D eigenvalue weighted by atomic mass is 16.6. The zero-order valence-electron chi connectivity index (χ0n) is 21.7. The van der Waals surface area contributed by atoms with Crippen LogP contribution in [-0.2, 0) is 11.2 Å².